The third-order valence-corrected chi connectivity index (χ3v) is 10.2. The molecule has 3 saturated carbocycles. The maximum Gasteiger partial charge on any atom is 0.158 e. The highest BCUT2D eigenvalue weighted by atomic mass is 16.6. The highest BCUT2D eigenvalue weighted by Gasteiger charge is 2.34. The Hall–Kier alpha value is -0.600. The van der Waals surface area contributed by atoms with E-state index in [0.29, 0.717) is 11.8 Å². The third kappa shape index (κ3) is 7.00. The maximum absolute atomic E-state index is 11.0. The van der Waals surface area contributed by atoms with Crippen LogP contribution in [0.5, 0.6) is 0 Å². The van der Waals surface area contributed by atoms with Gasteiger partial charge in [-0.15, -0.1) is 0 Å². The van der Waals surface area contributed by atoms with Crippen LogP contribution in [0.2, 0.25) is 0 Å². The van der Waals surface area contributed by atoms with Crippen LogP contribution in [0.25, 0.3) is 0 Å². The van der Waals surface area contributed by atoms with Gasteiger partial charge in [0.15, 0.2) is 6.29 Å². The molecule has 0 radical (unpaired) electrons. The van der Waals surface area contributed by atoms with Gasteiger partial charge in [0.2, 0.25) is 0 Å². The molecule has 0 spiro atoms. The smallest absolute Gasteiger partial charge is 0.158 e. The summed E-state index contributed by atoms with van der Waals surface area (Å²) in [6.45, 7) is 6.92. The SMILES string of the molecule is CCCC1CCC(C2=CC(C)C(OC(O)C3CCC(C4CCC(CCC)CC4)CC3)C=C2)CC1. The van der Waals surface area contributed by atoms with Crippen LogP contribution in [0.1, 0.15) is 124 Å². The number of aliphatic hydroxyl groups excluding tert-OH is 1. The molecule has 34 heavy (non-hydrogen) atoms. The first kappa shape index (κ1) is 26.5. The van der Waals surface area contributed by atoms with Crippen molar-refractivity contribution < 1.29 is 9.84 Å². The molecule has 0 aromatic heterocycles. The Balaban J connectivity index is 1.18. The summed E-state index contributed by atoms with van der Waals surface area (Å²) < 4.78 is 6.27. The minimum atomic E-state index is -0.599. The average molecular weight is 471 g/mol. The van der Waals surface area contributed by atoms with Crippen molar-refractivity contribution in [2.75, 3.05) is 0 Å². The monoisotopic (exact) mass is 470 g/mol. The van der Waals surface area contributed by atoms with E-state index in [1.54, 1.807) is 0 Å². The Morgan fingerprint density at radius 1 is 0.794 bits per heavy atom. The van der Waals surface area contributed by atoms with E-state index in [2.05, 4.69) is 39.0 Å². The van der Waals surface area contributed by atoms with Gasteiger partial charge in [-0.05, 0) is 99.4 Å². The molecule has 0 amide bonds. The molecule has 3 atom stereocenters. The number of rotatable bonds is 9. The van der Waals surface area contributed by atoms with Gasteiger partial charge in [-0.1, -0.05) is 77.5 Å². The minimum Gasteiger partial charge on any atom is -0.368 e. The quantitative estimate of drug-likeness (QED) is 0.341. The molecule has 0 aromatic carbocycles. The molecular formula is C32H54O2. The van der Waals surface area contributed by atoms with Crippen LogP contribution in [0, 0.1) is 41.4 Å². The fraction of sp³-hybridized carbons (Fsp3) is 0.875. The molecule has 4 rings (SSSR count). The molecule has 1 N–H and O–H groups in total. The van der Waals surface area contributed by atoms with Gasteiger partial charge in [0.25, 0.3) is 0 Å². The fourth-order valence-corrected chi connectivity index (χ4v) is 8.00. The molecule has 0 heterocycles. The molecule has 0 aliphatic heterocycles. The minimum absolute atomic E-state index is 0.0294. The maximum atomic E-state index is 11.0. The van der Waals surface area contributed by atoms with Crippen LogP contribution in [0.15, 0.2) is 23.8 Å². The number of allylic oxidation sites excluding steroid dienone is 2. The van der Waals surface area contributed by atoms with Gasteiger partial charge in [-0.2, -0.15) is 0 Å². The van der Waals surface area contributed by atoms with Gasteiger partial charge in [0, 0.05) is 11.8 Å². The van der Waals surface area contributed by atoms with Crippen molar-refractivity contribution in [2.45, 2.75) is 136 Å². The van der Waals surface area contributed by atoms with Crippen molar-refractivity contribution in [3.63, 3.8) is 0 Å². The van der Waals surface area contributed by atoms with Gasteiger partial charge in [-0.25, -0.2) is 0 Å². The third-order valence-electron chi connectivity index (χ3n) is 10.2. The van der Waals surface area contributed by atoms with Gasteiger partial charge in [0.1, 0.15) is 0 Å². The zero-order valence-electron chi connectivity index (χ0n) is 22.6. The zero-order chi connectivity index (χ0) is 23.9. The lowest BCUT2D eigenvalue weighted by molar-refractivity contribution is -0.169. The lowest BCUT2D eigenvalue weighted by Crippen LogP contribution is -2.35. The number of hydrogen-bond acceptors (Lipinski definition) is 2. The Morgan fingerprint density at radius 3 is 1.85 bits per heavy atom. The molecule has 3 unspecified atom stereocenters. The van der Waals surface area contributed by atoms with E-state index in [9.17, 15) is 5.11 Å². The average Bonchev–Trinajstić information content (AvgIpc) is 2.87. The fourth-order valence-electron chi connectivity index (χ4n) is 8.00. The summed E-state index contributed by atoms with van der Waals surface area (Å²) >= 11 is 0. The van der Waals surface area contributed by atoms with Gasteiger partial charge in [0.05, 0.1) is 6.10 Å². The van der Waals surface area contributed by atoms with Crippen molar-refractivity contribution in [2.24, 2.45) is 41.4 Å². The van der Waals surface area contributed by atoms with Crippen LogP contribution in [-0.4, -0.2) is 17.5 Å². The van der Waals surface area contributed by atoms with E-state index < -0.39 is 6.29 Å². The second-order valence-electron chi connectivity index (χ2n) is 12.6. The first-order chi connectivity index (χ1) is 16.6. The Labute approximate surface area is 211 Å². The highest BCUT2D eigenvalue weighted by molar-refractivity contribution is 5.29. The summed E-state index contributed by atoms with van der Waals surface area (Å²) in [4.78, 5) is 0. The Kier molecular flexibility index (Phi) is 10.2. The molecule has 0 bridgehead atoms. The number of ether oxygens (including phenoxy) is 1. The summed E-state index contributed by atoms with van der Waals surface area (Å²) in [7, 11) is 0. The van der Waals surface area contributed by atoms with Crippen LogP contribution < -0.4 is 0 Å². The van der Waals surface area contributed by atoms with Crippen molar-refractivity contribution in [1.29, 1.82) is 0 Å². The molecule has 2 nitrogen and oxygen atoms in total. The lowest BCUT2D eigenvalue weighted by Gasteiger charge is -2.39. The molecule has 3 fully saturated rings. The summed E-state index contributed by atoms with van der Waals surface area (Å²) in [5.41, 5.74) is 1.53. The van der Waals surface area contributed by atoms with E-state index in [1.807, 2.05) is 0 Å². The largest absolute Gasteiger partial charge is 0.368 e. The van der Waals surface area contributed by atoms with Crippen LogP contribution >= 0.6 is 0 Å². The predicted octanol–water partition coefficient (Wildman–Crippen LogP) is 8.84. The summed E-state index contributed by atoms with van der Waals surface area (Å²) in [5.74, 6) is 5.25. The standard InChI is InChI=1S/C32H54O2/c1-4-6-24-8-12-26(13-9-24)27-16-18-29(19-17-27)32(33)34-31-21-20-30(22-23(31)3)28-14-10-25(7-5-2)11-15-28/h20-29,31-33H,4-19H2,1-3H3. The van der Waals surface area contributed by atoms with Crippen LogP contribution in [0.3, 0.4) is 0 Å². The second-order valence-corrected chi connectivity index (χ2v) is 12.6. The zero-order valence-corrected chi connectivity index (χ0v) is 22.6. The normalized spacial score (nSPS) is 40.1. The van der Waals surface area contributed by atoms with Crippen LogP contribution in [0.4, 0.5) is 0 Å². The summed E-state index contributed by atoms with van der Waals surface area (Å²) in [5, 5.41) is 11.0. The van der Waals surface area contributed by atoms with Crippen molar-refractivity contribution >= 4 is 0 Å². The van der Waals surface area contributed by atoms with Gasteiger partial charge >= 0.3 is 0 Å². The molecule has 0 aromatic rings. The molecule has 4 aliphatic rings. The van der Waals surface area contributed by atoms with E-state index >= 15 is 0 Å². The summed E-state index contributed by atoms with van der Waals surface area (Å²) in [6.07, 6.45) is 28.2. The van der Waals surface area contributed by atoms with E-state index in [1.165, 1.54) is 95.5 Å². The van der Waals surface area contributed by atoms with Crippen molar-refractivity contribution in [1.82, 2.24) is 0 Å². The first-order valence-corrected chi connectivity index (χ1v) is 15.3. The lowest BCUT2D eigenvalue weighted by atomic mass is 9.68. The first-order valence-electron chi connectivity index (χ1n) is 15.3. The Morgan fingerprint density at radius 2 is 1.32 bits per heavy atom. The van der Waals surface area contributed by atoms with E-state index in [-0.39, 0.29) is 6.10 Å². The van der Waals surface area contributed by atoms with E-state index in [4.69, 9.17) is 4.74 Å². The Bertz CT molecular complexity index is 642. The van der Waals surface area contributed by atoms with Crippen molar-refractivity contribution in [3.8, 4) is 0 Å². The summed E-state index contributed by atoms with van der Waals surface area (Å²) in [6, 6.07) is 0. The number of hydrogen-bond donors (Lipinski definition) is 1. The molecule has 0 saturated heterocycles. The van der Waals surface area contributed by atoms with Crippen LogP contribution in [-0.2, 0) is 4.74 Å². The predicted molar refractivity (Wildman–Crippen MR) is 143 cm³/mol. The topological polar surface area (TPSA) is 29.5 Å². The van der Waals surface area contributed by atoms with Gasteiger partial charge < -0.3 is 9.84 Å². The molecule has 194 valence electrons. The molecule has 2 heteroatoms. The van der Waals surface area contributed by atoms with Gasteiger partial charge in [-0.3, -0.25) is 0 Å². The highest BCUT2D eigenvalue weighted by Crippen LogP contribution is 2.43. The van der Waals surface area contributed by atoms with Crippen molar-refractivity contribution in [3.05, 3.63) is 23.8 Å². The van der Waals surface area contributed by atoms with E-state index in [0.717, 1.165) is 42.4 Å². The number of aliphatic hydroxyl groups is 1. The molecule has 4 aliphatic carbocycles. The second kappa shape index (κ2) is 13.1. The molecular weight excluding hydrogens is 416 g/mol.